The number of esters is 1. The average Bonchev–Trinajstić information content (AvgIpc) is 2.38. The van der Waals surface area contributed by atoms with Crippen molar-refractivity contribution in [3.05, 3.63) is 0 Å². The first-order valence-electron chi connectivity index (χ1n) is 7.52. The SMILES string of the molecule is COC(=O)C12CCC(NCC3CCC3)(CC1)CC2.Cl. The zero-order chi connectivity index (χ0) is 12.6. The fourth-order valence-corrected chi connectivity index (χ4v) is 4.03. The fourth-order valence-electron chi connectivity index (χ4n) is 4.03. The van der Waals surface area contributed by atoms with Gasteiger partial charge in [-0.05, 0) is 63.8 Å². The predicted molar refractivity (Wildman–Crippen MR) is 77.5 cm³/mol. The summed E-state index contributed by atoms with van der Waals surface area (Å²) in [6.45, 7) is 1.20. The molecule has 0 aromatic rings. The molecule has 2 bridgehead atoms. The Morgan fingerprint density at radius 3 is 2.16 bits per heavy atom. The van der Waals surface area contributed by atoms with Crippen LogP contribution in [0.3, 0.4) is 0 Å². The van der Waals surface area contributed by atoms with Gasteiger partial charge in [-0.1, -0.05) is 6.42 Å². The van der Waals surface area contributed by atoms with Crippen molar-refractivity contribution in [1.29, 1.82) is 0 Å². The monoisotopic (exact) mass is 287 g/mol. The number of hydrogen-bond donors (Lipinski definition) is 1. The molecule has 4 saturated carbocycles. The number of rotatable bonds is 4. The van der Waals surface area contributed by atoms with Crippen LogP contribution in [0.2, 0.25) is 0 Å². The van der Waals surface area contributed by atoms with Gasteiger partial charge < -0.3 is 10.1 Å². The van der Waals surface area contributed by atoms with Crippen LogP contribution in [0.25, 0.3) is 0 Å². The van der Waals surface area contributed by atoms with E-state index in [1.807, 2.05) is 0 Å². The summed E-state index contributed by atoms with van der Waals surface area (Å²) in [4.78, 5) is 11.9. The highest BCUT2D eigenvalue weighted by atomic mass is 35.5. The van der Waals surface area contributed by atoms with Crippen molar-refractivity contribution >= 4 is 18.4 Å². The molecule has 0 radical (unpaired) electrons. The Bertz CT molecular complexity index is 317. The second kappa shape index (κ2) is 5.61. The molecule has 0 unspecified atom stereocenters. The Kier molecular flexibility index (Phi) is 4.46. The van der Waals surface area contributed by atoms with E-state index in [9.17, 15) is 4.79 Å². The zero-order valence-corrected chi connectivity index (χ0v) is 12.7. The average molecular weight is 288 g/mol. The van der Waals surface area contributed by atoms with Crippen molar-refractivity contribution < 1.29 is 9.53 Å². The van der Waals surface area contributed by atoms with E-state index in [4.69, 9.17) is 4.74 Å². The van der Waals surface area contributed by atoms with Gasteiger partial charge in [0, 0.05) is 5.54 Å². The van der Waals surface area contributed by atoms with Crippen LogP contribution in [-0.2, 0) is 9.53 Å². The minimum absolute atomic E-state index is 0. The molecule has 4 aliphatic rings. The summed E-state index contributed by atoms with van der Waals surface area (Å²) in [7, 11) is 1.53. The molecule has 0 spiro atoms. The van der Waals surface area contributed by atoms with Gasteiger partial charge >= 0.3 is 5.97 Å². The molecule has 4 rings (SSSR count). The summed E-state index contributed by atoms with van der Waals surface area (Å²) in [6, 6.07) is 0. The number of methoxy groups -OCH3 is 1. The van der Waals surface area contributed by atoms with Gasteiger partial charge in [0.1, 0.15) is 0 Å². The maximum Gasteiger partial charge on any atom is 0.311 e. The normalized spacial score (nSPS) is 37.3. The highest BCUT2D eigenvalue weighted by molar-refractivity contribution is 5.85. The summed E-state index contributed by atoms with van der Waals surface area (Å²) in [5, 5.41) is 3.85. The third-order valence-corrected chi connectivity index (χ3v) is 5.86. The van der Waals surface area contributed by atoms with Crippen molar-refractivity contribution in [3.8, 4) is 0 Å². The molecule has 0 aromatic carbocycles. The fraction of sp³-hybridized carbons (Fsp3) is 0.933. The van der Waals surface area contributed by atoms with Crippen molar-refractivity contribution in [2.45, 2.75) is 63.3 Å². The summed E-state index contributed by atoms with van der Waals surface area (Å²) >= 11 is 0. The van der Waals surface area contributed by atoms with Gasteiger partial charge in [0.2, 0.25) is 0 Å². The lowest BCUT2D eigenvalue weighted by atomic mass is 9.57. The van der Waals surface area contributed by atoms with E-state index in [2.05, 4.69) is 5.32 Å². The second-order valence-corrected chi connectivity index (χ2v) is 6.73. The molecule has 0 amide bonds. The molecule has 4 aliphatic carbocycles. The second-order valence-electron chi connectivity index (χ2n) is 6.73. The molecule has 4 fully saturated rings. The first-order valence-corrected chi connectivity index (χ1v) is 7.52. The Labute approximate surface area is 122 Å². The third kappa shape index (κ3) is 2.64. The molecule has 1 N–H and O–H groups in total. The highest BCUT2D eigenvalue weighted by Gasteiger charge is 2.52. The molecule has 110 valence electrons. The maximum absolute atomic E-state index is 11.9. The molecule has 0 aromatic heterocycles. The van der Waals surface area contributed by atoms with E-state index >= 15 is 0 Å². The van der Waals surface area contributed by atoms with Crippen LogP contribution in [0.15, 0.2) is 0 Å². The standard InChI is InChI=1S/C15H25NO2.ClH/c1-18-13(17)14-5-8-15(9-6-14,10-7-14)16-11-12-3-2-4-12;/h12,16H,2-11H2,1H3;1H. The van der Waals surface area contributed by atoms with Crippen LogP contribution in [0, 0.1) is 11.3 Å². The number of nitrogens with one attached hydrogen (secondary N) is 1. The molecule has 0 saturated heterocycles. The minimum Gasteiger partial charge on any atom is -0.469 e. The van der Waals surface area contributed by atoms with Gasteiger partial charge in [0.05, 0.1) is 12.5 Å². The Balaban J connectivity index is 0.00000133. The quantitative estimate of drug-likeness (QED) is 0.808. The first kappa shape index (κ1) is 15.1. The van der Waals surface area contributed by atoms with E-state index in [-0.39, 0.29) is 23.8 Å². The van der Waals surface area contributed by atoms with Crippen molar-refractivity contribution in [3.63, 3.8) is 0 Å². The number of halogens is 1. The van der Waals surface area contributed by atoms with E-state index in [0.29, 0.717) is 5.54 Å². The van der Waals surface area contributed by atoms with Crippen molar-refractivity contribution in [1.82, 2.24) is 5.32 Å². The van der Waals surface area contributed by atoms with Crippen LogP contribution >= 0.6 is 12.4 Å². The van der Waals surface area contributed by atoms with Gasteiger partial charge in [-0.2, -0.15) is 0 Å². The van der Waals surface area contributed by atoms with E-state index in [0.717, 1.165) is 44.4 Å². The summed E-state index contributed by atoms with van der Waals surface area (Å²) in [5.41, 5.74) is 0.222. The number of carbonyl (C=O) groups excluding carboxylic acids is 1. The Hall–Kier alpha value is -0.280. The van der Waals surface area contributed by atoms with Gasteiger partial charge in [0.25, 0.3) is 0 Å². The van der Waals surface area contributed by atoms with Crippen LogP contribution in [0.4, 0.5) is 0 Å². The smallest absolute Gasteiger partial charge is 0.311 e. The molecule has 0 atom stereocenters. The van der Waals surface area contributed by atoms with Gasteiger partial charge in [-0.3, -0.25) is 4.79 Å². The molecular weight excluding hydrogens is 262 g/mol. The van der Waals surface area contributed by atoms with Crippen LogP contribution < -0.4 is 5.32 Å². The summed E-state index contributed by atoms with van der Waals surface area (Å²) in [6.07, 6.45) is 10.8. The van der Waals surface area contributed by atoms with Gasteiger partial charge in [-0.25, -0.2) is 0 Å². The van der Waals surface area contributed by atoms with Gasteiger partial charge in [0.15, 0.2) is 0 Å². The van der Waals surface area contributed by atoms with Crippen LogP contribution in [0.5, 0.6) is 0 Å². The minimum atomic E-state index is -0.130. The molecule has 19 heavy (non-hydrogen) atoms. The highest BCUT2D eigenvalue weighted by Crippen LogP contribution is 2.53. The Morgan fingerprint density at radius 2 is 1.74 bits per heavy atom. The van der Waals surface area contributed by atoms with E-state index in [1.54, 1.807) is 0 Å². The van der Waals surface area contributed by atoms with E-state index < -0.39 is 0 Å². The summed E-state index contributed by atoms with van der Waals surface area (Å²) in [5.74, 6) is 0.961. The molecule has 3 nitrogen and oxygen atoms in total. The van der Waals surface area contributed by atoms with Crippen molar-refractivity contribution in [2.75, 3.05) is 13.7 Å². The van der Waals surface area contributed by atoms with Crippen LogP contribution in [0.1, 0.15) is 57.8 Å². The predicted octanol–water partition coefficient (Wildman–Crippen LogP) is 3.06. The molecule has 4 heteroatoms. The van der Waals surface area contributed by atoms with Crippen molar-refractivity contribution in [2.24, 2.45) is 11.3 Å². The third-order valence-electron chi connectivity index (χ3n) is 5.86. The van der Waals surface area contributed by atoms with Crippen LogP contribution in [-0.4, -0.2) is 25.2 Å². The summed E-state index contributed by atoms with van der Waals surface area (Å²) < 4.78 is 5.01. The lowest BCUT2D eigenvalue weighted by Gasteiger charge is -2.52. The zero-order valence-electron chi connectivity index (χ0n) is 11.9. The lowest BCUT2D eigenvalue weighted by molar-refractivity contribution is -0.160. The molecule has 0 aliphatic heterocycles. The number of carbonyl (C=O) groups is 1. The Morgan fingerprint density at radius 1 is 1.16 bits per heavy atom. The number of ether oxygens (including phenoxy) is 1. The van der Waals surface area contributed by atoms with E-state index in [1.165, 1.54) is 32.9 Å². The number of fused-ring (bicyclic) bond motifs is 3. The lowest BCUT2D eigenvalue weighted by Crippen LogP contribution is -2.58. The number of hydrogen-bond acceptors (Lipinski definition) is 3. The van der Waals surface area contributed by atoms with Gasteiger partial charge in [-0.15, -0.1) is 12.4 Å². The molecule has 0 heterocycles. The molecular formula is C15H26ClNO2. The first-order chi connectivity index (χ1) is 8.68. The topological polar surface area (TPSA) is 38.3 Å². The maximum atomic E-state index is 11.9. The largest absolute Gasteiger partial charge is 0.469 e.